The van der Waals surface area contributed by atoms with Gasteiger partial charge in [-0.3, -0.25) is 0 Å². The number of aromatic nitrogens is 2. The maximum Gasteiger partial charge on any atom is 0.409 e. The number of methoxy groups -OCH3 is 2. The molecule has 1 aliphatic heterocycles. The summed E-state index contributed by atoms with van der Waals surface area (Å²) < 4.78 is 16.6. The number of fused-ring (bicyclic) bond motifs is 1. The highest BCUT2D eigenvalue weighted by atomic mass is 16.5. The summed E-state index contributed by atoms with van der Waals surface area (Å²) >= 11 is 0. The van der Waals surface area contributed by atoms with Gasteiger partial charge in [-0.15, -0.1) is 0 Å². The molecule has 0 saturated carbocycles. The zero-order valence-electron chi connectivity index (χ0n) is 12.2. The van der Waals surface area contributed by atoms with Crippen molar-refractivity contribution in [2.75, 3.05) is 27.3 Å². The van der Waals surface area contributed by atoms with E-state index in [9.17, 15) is 9.59 Å². The van der Waals surface area contributed by atoms with Crippen LogP contribution in [-0.2, 0) is 9.47 Å². The van der Waals surface area contributed by atoms with Crippen molar-refractivity contribution in [3.8, 4) is 5.75 Å². The molecule has 0 aliphatic carbocycles. The number of rotatable bonds is 3. The van der Waals surface area contributed by atoms with E-state index in [0.717, 1.165) is 0 Å². The minimum Gasteiger partial charge on any atom is -0.485 e. The van der Waals surface area contributed by atoms with Crippen LogP contribution in [0.5, 0.6) is 5.75 Å². The zero-order valence-corrected chi connectivity index (χ0v) is 12.2. The van der Waals surface area contributed by atoms with Gasteiger partial charge in [0.2, 0.25) is 0 Å². The van der Waals surface area contributed by atoms with Crippen molar-refractivity contribution in [1.82, 2.24) is 14.5 Å². The first-order chi connectivity index (χ1) is 10.6. The molecule has 1 aliphatic rings. The van der Waals surface area contributed by atoms with Crippen LogP contribution in [0.4, 0.5) is 4.79 Å². The second kappa shape index (κ2) is 5.55. The Kier molecular flexibility index (Phi) is 3.58. The van der Waals surface area contributed by atoms with Crippen LogP contribution >= 0.6 is 0 Å². The van der Waals surface area contributed by atoms with E-state index in [1.165, 1.54) is 20.4 Å². The summed E-state index contributed by atoms with van der Waals surface area (Å²) in [5, 5.41) is 4.11. The Morgan fingerprint density at radius 2 is 2.00 bits per heavy atom. The second-order valence-corrected chi connectivity index (χ2v) is 4.86. The number of hydrogen-bond acceptors (Lipinski definition) is 6. The number of hydrogen-bond donors (Lipinski definition) is 0. The molecule has 0 N–H and O–H groups in total. The van der Waals surface area contributed by atoms with Crippen LogP contribution in [0, 0.1) is 0 Å². The van der Waals surface area contributed by atoms with Crippen molar-refractivity contribution in [2.24, 2.45) is 0 Å². The van der Waals surface area contributed by atoms with Gasteiger partial charge in [0.15, 0.2) is 0 Å². The molecular formula is C14H15N3O5. The van der Waals surface area contributed by atoms with Gasteiger partial charge in [0, 0.05) is 0 Å². The third-order valence-corrected chi connectivity index (χ3v) is 3.48. The predicted octanol–water partition coefficient (Wildman–Crippen LogP) is 0.950. The number of esters is 1. The summed E-state index contributed by atoms with van der Waals surface area (Å²) in [4.78, 5) is 24.4. The topological polar surface area (TPSA) is 82.4 Å². The van der Waals surface area contributed by atoms with Crippen LogP contribution < -0.4 is 4.74 Å². The lowest BCUT2D eigenvalue weighted by atomic mass is 10.2. The highest BCUT2D eigenvalue weighted by Crippen LogP contribution is 2.21. The maximum absolute atomic E-state index is 11.6. The van der Waals surface area contributed by atoms with E-state index in [-0.39, 0.29) is 12.2 Å². The van der Waals surface area contributed by atoms with Crippen LogP contribution in [-0.4, -0.2) is 60.0 Å². The van der Waals surface area contributed by atoms with Crippen molar-refractivity contribution in [2.45, 2.75) is 6.10 Å². The van der Waals surface area contributed by atoms with Gasteiger partial charge in [0.05, 0.1) is 45.2 Å². The summed E-state index contributed by atoms with van der Waals surface area (Å²) in [5.41, 5.74) is 1.04. The Bertz CT molecular complexity index is 720. The lowest BCUT2D eigenvalue weighted by Crippen LogP contribution is -2.56. The SMILES string of the molecule is COC(=O)c1cnn2cc(OC3CN(C(=O)OC)C3)ccc12. The van der Waals surface area contributed by atoms with Crippen molar-refractivity contribution in [1.29, 1.82) is 0 Å². The molecule has 0 bridgehead atoms. The number of amides is 1. The molecule has 3 heterocycles. The third-order valence-electron chi connectivity index (χ3n) is 3.48. The number of likely N-dealkylation sites (tertiary alicyclic amines) is 1. The van der Waals surface area contributed by atoms with Gasteiger partial charge in [-0.25, -0.2) is 14.1 Å². The molecule has 8 nitrogen and oxygen atoms in total. The van der Waals surface area contributed by atoms with Gasteiger partial charge in [0.25, 0.3) is 0 Å². The second-order valence-electron chi connectivity index (χ2n) is 4.86. The van der Waals surface area contributed by atoms with Gasteiger partial charge in [-0.05, 0) is 12.1 Å². The molecular weight excluding hydrogens is 290 g/mol. The number of carbonyl (C=O) groups excluding carboxylic acids is 2. The Morgan fingerprint density at radius 1 is 1.23 bits per heavy atom. The highest BCUT2D eigenvalue weighted by molar-refractivity contribution is 5.96. The fraction of sp³-hybridized carbons (Fsp3) is 0.357. The fourth-order valence-corrected chi connectivity index (χ4v) is 2.29. The standard InChI is InChI=1S/C14H15N3O5/c1-20-13(18)11-5-15-17-8-9(3-4-12(11)17)22-10-6-16(7-10)14(19)21-2/h3-5,8,10H,6-7H2,1-2H3. The van der Waals surface area contributed by atoms with E-state index >= 15 is 0 Å². The fourth-order valence-electron chi connectivity index (χ4n) is 2.29. The van der Waals surface area contributed by atoms with E-state index in [4.69, 9.17) is 9.47 Å². The molecule has 2 aromatic rings. The van der Waals surface area contributed by atoms with Crippen LogP contribution in [0.2, 0.25) is 0 Å². The number of ether oxygens (including phenoxy) is 3. The molecule has 0 radical (unpaired) electrons. The molecule has 1 amide bonds. The average molecular weight is 305 g/mol. The number of pyridine rings is 1. The number of nitrogens with zero attached hydrogens (tertiary/aromatic N) is 3. The van der Waals surface area contributed by atoms with Crippen LogP contribution in [0.25, 0.3) is 5.52 Å². The Labute approximate surface area is 126 Å². The van der Waals surface area contributed by atoms with Crippen LogP contribution in [0.1, 0.15) is 10.4 Å². The van der Waals surface area contributed by atoms with E-state index in [2.05, 4.69) is 9.84 Å². The highest BCUT2D eigenvalue weighted by Gasteiger charge is 2.33. The first kappa shape index (κ1) is 14.2. The molecule has 1 saturated heterocycles. The van der Waals surface area contributed by atoms with Gasteiger partial charge in [0.1, 0.15) is 17.4 Å². The quantitative estimate of drug-likeness (QED) is 0.785. The molecule has 22 heavy (non-hydrogen) atoms. The van der Waals surface area contributed by atoms with Gasteiger partial charge >= 0.3 is 12.1 Å². The monoisotopic (exact) mass is 305 g/mol. The summed E-state index contributed by atoms with van der Waals surface area (Å²) in [6.45, 7) is 0.967. The molecule has 0 spiro atoms. The maximum atomic E-state index is 11.6. The molecule has 0 atom stereocenters. The smallest absolute Gasteiger partial charge is 0.409 e. The Balaban J connectivity index is 1.69. The lowest BCUT2D eigenvalue weighted by molar-refractivity contribution is 0.0180. The molecule has 116 valence electrons. The molecule has 0 aromatic carbocycles. The molecule has 1 fully saturated rings. The van der Waals surface area contributed by atoms with Crippen molar-refractivity contribution >= 4 is 17.6 Å². The first-order valence-corrected chi connectivity index (χ1v) is 6.67. The minimum atomic E-state index is -0.434. The summed E-state index contributed by atoms with van der Waals surface area (Å²) in [7, 11) is 2.67. The summed E-state index contributed by atoms with van der Waals surface area (Å²) in [6.07, 6.45) is 2.70. The normalized spacial score (nSPS) is 14.5. The van der Waals surface area contributed by atoms with Gasteiger partial charge in [-0.1, -0.05) is 0 Å². The van der Waals surface area contributed by atoms with Gasteiger partial charge < -0.3 is 19.1 Å². The average Bonchev–Trinajstić information content (AvgIpc) is 2.92. The molecule has 3 rings (SSSR count). The van der Waals surface area contributed by atoms with E-state index in [1.54, 1.807) is 27.7 Å². The predicted molar refractivity (Wildman–Crippen MR) is 74.9 cm³/mol. The zero-order chi connectivity index (χ0) is 15.7. The first-order valence-electron chi connectivity index (χ1n) is 6.67. The Morgan fingerprint density at radius 3 is 2.68 bits per heavy atom. The summed E-state index contributed by atoms with van der Waals surface area (Å²) in [6, 6.07) is 3.50. The van der Waals surface area contributed by atoms with Crippen molar-refractivity contribution in [3.05, 3.63) is 30.1 Å². The van der Waals surface area contributed by atoms with E-state index < -0.39 is 5.97 Å². The largest absolute Gasteiger partial charge is 0.485 e. The lowest BCUT2D eigenvalue weighted by Gasteiger charge is -2.37. The molecule has 2 aromatic heterocycles. The third kappa shape index (κ3) is 2.43. The Hall–Kier alpha value is -2.77. The molecule has 8 heteroatoms. The van der Waals surface area contributed by atoms with Crippen LogP contribution in [0.3, 0.4) is 0 Å². The minimum absolute atomic E-state index is 0.0767. The van der Waals surface area contributed by atoms with E-state index in [1.807, 2.05) is 0 Å². The van der Waals surface area contributed by atoms with Crippen molar-refractivity contribution < 1.29 is 23.8 Å². The van der Waals surface area contributed by atoms with Crippen molar-refractivity contribution in [3.63, 3.8) is 0 Å². The number of carbonyl (C=O) groups is 2. The summed E-state index contributed by atoms with van der Waals surface area (Å²) in [5.74, 6) is 0.179. The van der Waals surface area contributed by atoms with E-state index in [0.29, 0.717) is 29.9 Å². The van der Waals surface area contributed by atoms with Crippen LogP contribution in [0.15, 0.2) is 24.5 Å². The molecule has 0 unspecified atom stereocenters. The van der Waals surface area contributed by atoms with Gasteiger partial charge in [-0.2, -0.15) is 5.10 Å².